The molecule has 0 amide bonds. The molecule has 0 bridgehead atoms. The second kappa shape index (κ2) is 5.87. The lowest BCUT2D eigenvalue weighted by Crippen LogP contribution is -2.36. The molecule has 0 aliphatic heterocycles. The van der Waals surface area contributed by atoms with Crippen LogP contribution in [0.15, 0.2) is 31.4 Å². The summed E-state index contributed by atoms with van der Waals surface area (Å²) in [6.45, 7) is 7.68. The second-order valence-corrected chi connectivity index (χ2v) is 4.82. The predicted octanol–water partition coefficient (Wildman–Crippen LogP) is 3.69. The van der Waals surface area contributed by atoms with Gasteiger partial charge in [0.1, 0.15) is 0 Å². The molecule has 2 atom stereocenters. The Morgan fingerprint density at radius 1 is 1.17 bits per heavy atom. The first kappa shape index (κ1) is 12.9. The maximum atomic E-state index is 10.0. The van der Waals surface area contributed by atoms with Crippen LogP contribution in [0.4, 0.5) is 5.69 Å². The van der Waals surface area contributed by atoms with E-state index in [9.17, 15) is 5.11 Å². The Bertz CT molecular complexity index is 439. The van der Waals surface area contributed by atoms with Gasteiger partial charge in [0, 0.05) is 11.3 Å². The minimum absolute atomic E-state index is 0.150. The highest BCUT2D eigenvalue weighted by Crippen LogP contribution is 2.27. The van der Waals surface area contributed by atoms with E-state index in [1.807, 2.05) is 30.4 Å². The molecule has 2 heteroatoms. The standard InChI is InChI=1S/C16H21NO/c1-3-12-8-7-10-14(13(12)4-2)17-15-9-5-6-11-16(15)18/h3-4,7-8,10,15-18H,1-2,5-6,9,11H2. The Kier molecular flexibility index (Phi) is 4.21. The largest absolute Gasteiger partial charge is 0.391 e. The molecule has 0 saturated heterocycles. The van der Waals surface area contributed by atoms with Gasteiger partial charge < -0.3 is 10.4 Å². The first-order valence-electron chi connectivity index (χ1n) is 6.58. The number of rotatable bonds is 4. The van der Waals surface area contributed by atoms with Crippen LogP contribution < -0.4 is 5.32 Å². The summed E-state index contributed by atoms with van der Waals surface area (Å²) in [5.74, 6) is 0. The number of hydrogen-bond acceptors (Lipinski definition) is 2. The Morgan fingerprint density at radius 3 is 2.61 bits per heavy atom. The molecule has 0 radical (unpaired) electrons. The minimum atomic E-state index is -0.246. The van der Waals surface area contributed by atoms with Gasteiger partial charge in [0.2, 0.25) is 0 Å². The van der Waals surface area contributed by atoms with Gasteiger partial charge in [-0.3, -0.25) is 0 Å². The highest BCUT2D eigenvalue weighted by Gasteiger charge is 2.23. The van der Waals surface area contributed by atoms with Gasteiger partial charge in [-0.05, 0) is 24.5 Å². The Hall–Kier alpha value is -1.54. The molecule has 0 spiro atoms. The number of aliphatic hydroxyl groups excluding tert-OH is 1. The van der Waals surface area contributed by atoms with Crippen LogP contribution in [-0.4, -0.2) is 17.3 Å². The monoisotopic (exact) mass is 243 g/mol. The van der Waals surface area contributed by atoms with Crippen LogP contribution in [0, 0.1) is 0 Å². The summed E-state index contributed by atoms with van der Waals surface area (Å²) >= 11 is 0. The zero-order chi connectivity index (χ0) is 13.0. The molecule has 96 valence electrons. The summed E-state index contributed by atoms with van der Waals surface area (Å²) in [5.41, 5.74) is 3.17. The van der Waals surface area contributed by atoms with Gasteiger partial charge in [0.05, 0.1) is 12.1 Å². The maximum Gasteiger partial charge on any atom is 0.0741 e. The maximum absolute atomic E-state index is 10.0. The van der Waals surface area contributed by atoms with Crippen molar-refractivity contribution in [3.05, 3.63) is 42.5 Å². The molecule has 1 aliphatic carbocycles. The topological polar surface area (TPSA) is 32.3 Å². The number of aliphatic hydroxyl groups is 1. The Morgan fingerprint density at radius 2 is 1.94 bits per heavy atom. The normalized spacial score (nSPS) is 23.4. The second-order valence-electron chi connectivity index (χ2n) is 4.82. The zero-order valence-electron chi connectivity index (χ0n) is 10.7. The van der Waals surface area contributed by atoms with E-state index < -0.39 is 0 Å². The fourth-order valence-corrected chi connectivity index (χ4v) is 2.59. The van der Waals surface area contributed by atoms with Crippen molar-refractivity contribution in [2.45, 2.75) is 37.8 Å². The van der Waals surface area contributed by atoms with Crippen LogP contribution in [0.3, 0.4) is 0 Å². The molecule has 2 N–H and O–H groups in total. The minimum Gasteiger partial charge on any atom is -0.391 e. The van der Waals surface area contributed by atoms with E-state index in [4.69, 9.17) is 0 Å². The molecule has 1 aromatic rings. The smallest absolute Gasteiger partial charge is 0.0741 e. The first-order valence-corrected chi connectivity index (χ1v) is 6.58. The predicted molar refractivity (Wildman–Crippen MR) is 78.5 cm³/mol. The van der Waals surface area contributed by atoms with Crippen molar-refractivity contribution < 1.29 is 5.11 Å². The molecule has 1 aliphatic rings. The van der Waals surface area contributed by atoms with Crippen LogP contribution in [-0.2, 0) is 0 Å². The van der Waals surface area contributed by atoms with Crippen LogP contribution in [0.5, 0.6) is 0 Å². The highest BCUT2D eigenvalue weighted by molar-refractivity contribution is 5.75. The van der Waals surface area contributed by atoms with Gasteiger partial charge in [-0.2, -0.15) is 0 Å². The third-order valence-corrected chi connectivity index (χ3v) is 3.63. The molecule has 0 aromatic heterocycles. The number of benzene rings is 1. The third kappa shape index (κ3) is 2.65. The molecule has 18 heavy (non-hydrogen) atoms. The van der Waals surface area contributed by atoms with Gasteiger partial charge in [0.15, 0.2) is 0 Å². The molecular weight excluding hydrogens is 222 g/mol. The van der Waals surface area contributed by atoms with E-state index in [0.717, 1.165) is 36.1 Å². The van der Waals surface area contributed by atoms with Crippen molar-refractivity contribution in [1.82, 2.24) is 0 Å². The average molecular weight is 243 g/mol. The van der Waals surface area contributed by atoms with E-state index in [-0.39, 0.29) is 12.1 Å². The number of nitrogens with one attached hydrogen (secondary N) is 1. The lowest BCUT2D eigenvalue weighted by molar-refractivity contribution is 0.116. The van der Waals surface area contributed by atoms with E-state index in [2.05, 4.69) is 18.5 Å². The van der Waals surface area contributed by atoms with Gasteiger partial charge >= 0.3 is 0 Å². The number of hydrogen-bond donors (Lipinski definition) is 2. The van der Waals surface area contributed by atoms with E-state index in [0.29, 0.717) is 0 Å². The van der Waals surface area contributed by atoms with Crippen LogP contribution in [0.1, 0.15) is 36.8 Å². The average Bonchev–Trinajstić information content (AvgIpc) is 2.41. The van der Waals surface area contributed by atoms with Crippen molar-refractivity contribution in [1.29, 1.82) is 0 Å². The van der Waals surface area contributed by atoms with Crippen molar-refractivity contribution in [2.75, 3.05) is 5.32 Å². The SMILES string of the molecule is C=Cc1cccc(NC2CCCCC2O)c1C=C. The van der Waals surface area contributed by atoms with E-state index in [1.54, 1.807) is 0 Å². The summed E-state index contributed by atoms with van der Waals surface area (Å²) in [7, 11) is 0. The molecule has 2 nitrogen and oxygen atoms in total. The van der Waals surface area contributed by atoms with Gasteiger partial charge in [-0.15, -0.1) is 0 Å². The lowest BCUT2D eigenvalue weighted by Gasteiger charge is -2.30. The molecule has 0 heterocycles. The quantitative estimate of drug-likeness (QED) is 0.845. The molecule has 2 rings (SSSR count). The van der Waals surface area contributed by atoms with Crippen molar-refractivity contribution in [3.8, 4) is 0 Å². The van der Waals surface area contributed by atoms with Crippen LogP contribution >= 0.6 is 0 Å². The van der Waals surface area contributed by atoms with Gasteiger partial charge in [-0.1, -0.05) is 50.3 Å². The molecule has 1 aromatic carbocycles. The van der Waals surface area contributed by atoms with Gasteiger partial charge in [-0.25, -0.2) is 0 Å². The summed E-state index contributed by atoms with van der Waals surface area (Å²) in [6.07, 6.45) is 7.65. The fraction of sp³-hybridized carbons (Fsp3) is 0.375. The molecule has 1 saturated carbocycles. The summed E-state index contributed by atoms with van der Waals surface area (Å²) < 4.78 is 0. The van der Waals surface area contributed by atoms with Crippen LogP contribution in [0.25, 0.3) is 12.2 Å². The summed E-state index contributed by atoms with van der Waals surface area (Å²) in [5, 5.41) is 13.5. The highest BCUT2D eigenvalue weighted by atomic mass is 16.3. The zero-order valence-corrected chi connectivity index (χ0v) is 10.7. The van der Waals surface area contributed by atoms with E-state index in [1.165, 1.54) is 6.42 Å². The van der Waals surface area contributed by atoms with Crippen molar-refractivity contribution in [3.63, 3.8) is 0 Å². The van der Waals surface area contributed by atoms with E-state index >= 15 is 0 Å². The summed E-state index contributed by atoms with van der Waals surface area (Å²) in [6, 6.07) is 6.21. The lowest BCUT2D eigenvalue weighted by atomic mass is 9.92. The van der Waals surface area contributed by atoms with Gasteiger partial charge in [0.25, 0.3) is 0 Å². The first-order chi connectivity index (χ1) is 8.76. The third-order valence-electron chi connectivity index (χ3n) is 3.63. The van der Waals surface area contributed by atoms with Crippen molar-refractivity contribution >= 4 is 17.8 Å². The number of anilines is 1. The van der Waals surface area contributed by atoms with Crippen LogP contribution in [0.2, 0.25) is 0 Å². The Labute approximate surface area is 109 Å². The fourth-order valence-electron chi connectivity index (χ4n) is 2.59. The van der Waals surface area contributed by atoms with Crippen molar-refractivity contribution in [2.24, 2.45) is 0 Å². The molecule has 1 fully saturated rings. The molecule has 2 unspecified atom stereocenters. The molecular formula is C16H21NO. The Balaban J connectivity index is 2.22. The summed E-state index contributed by atoms with van der Waals surface area (Å²) in [4.78, 5) is 0.